The van der Waals surface area contributed by atoms with Gasteiger partial charge in [0, 0.05) is 68.7 Å². The molecule has 9 rings (SSSR count). The molecule has 2 saturated carbocycles. The molecule has 0 bridgehead atoms. The van der Waals surface area contributed by atoms with E-state index < -0.39 is 5.41 Å². The molecule has 0 atom stereocenters. The Labute approximate surface area is 397 Å². The maximum atomic E-state index is 14.9. The van der Waals surface area contributed by atoms with E-state index in [0.29, 0.717) is 18.7 Å². The van der Waals surface area contributed by atoms with Gasteiger partial charge in [-0.2, -0.15) is 0 Å². The lowest BCUT2D eigenvalue weighted by Gasteiger charge is -2.37. The fourth-order valence-corrected chi connectivity index (χ4v) is 11.5. The molecule has 0 unspecified atom stereocenters. The van der Waals surface area contributed by atoms with Crippen LogP contribution in [0.5, 0.6) is 11.5 Å². The third kappa shape index (κ3) is 10.9. The van der Waals surface area contributed by atoms with Crippen molar-refractivity contribution in [1.29, 1.82) is 0 Å². The number of methoxy groups -OCH3 is 2. The molecule has 4 aliphatic rings. The van der Waals surface area contributed by atoms with Crippen molar-refractivity contribution in [3.63, 3.8) is 0 Å². The van der Waals surface area contributed by atoms with Crippen LogP contribution in [0.1, 0.15) is 81.0 Å². The Balaban J connectivity index is 0.000000161. The number of anilines is 3. The van der Waals surface area contributed by atoms with Crippen LogP contribution in [0.3, 0.4) is 0 Å². The van der Waals surface area contributed by atoms with Gasteiger partial charge >= 0.3 is 6.03 Å². The van der Waals surface area contributed by atoms with Crippen LogP contribution in [0.15, 0.2) is 102 Å². The Morgan fingerprint density at radius 1 is 0.636 bits per heavy atom. The second kappa shape index (κ2) is 22.9. The van der Waals surface area contributed by atoms with E-state index >= 15 is 0 Å². The molecule has 4 aromatic carbocycles. The number of rotatable bonds is 10. The highest BCUT2D eigenvalue weighted by Gasteiger charge is 2.42. The summed E-state index contributed by atoms with van der Waals surface area (Å²) in [7, 11) is 3.39. The molecule has 2 aliphatic heterocycles. The number of nitrogens with zero attached hydrogens (tertiary/aromatic N) is 5. The average molecular weight is 942 g/mol. The zero-order valence-electron chi connectivity index (χ0n) is 38.2. The molecule has 4 fully saturated rings. The Morgan fingerprint density at radius 3 is 1.59 bits per heavy atom. The van der Waals surface area contributed by atoms with E-state index in [1.165, 1.54) is 12.5 Å². The summed E-state index contributed by atoms with van der Waals surface area (Å²) in [5.74, 6) is 1.32. The second-order valence-electron chi connectivity index (χ2n) is 17.4. The molecule has 352 valence electrons. The first-order valence-electron chi connectivity index (χ1n) is 23.2. The predicted octanol–water partition coefficient (Wildman–Crippen LogP) is 10.6. The minimum Gasteiger partial charge on any atom is -0.495 e. The van der Waals surface area contributed by atoms with Gasteiger partial charge in [0.2, 0.25) is 0 Å². The number of carbonyl (C=O) groups is 2. The second-order valence-corrected chi connectivity index (χ2v) is 18.6. The summed E-state index contributed by atoms with van der Waals surface area (Å²) in [5, 5.41) is 3.24. The Hall–Kier alpha value is -5.40. The first-order chi connectivity index (χ1) is 32.1. The van der Waals surface area contributed by atoms with Crippen molar-refractivity contribution in [1.82, 2.24) is 9.88 Å². The fourth-order valence-electron chi connectivity index (χ4n) is 10.2. The number of hydrogen-bond donors (Lipinski definition) is 1. The van der Waals surface area contributed by atoms with E-state index in [0.717, 1.165) is 136 Å². The number of halogens is 3. The lowest BCUT2D eigenvalue weighted by molar-refractivity contribution is -0.123. The smallest absolute Gasteiger partial charge is 0.314 e. The van der Waals surface area contributed by atoms with Crippen molar-refractivity contribution in [2.45, 2.75) is 75.0 Å². The molecule has 0 spiro atoms. The summed E-state index contributed by atoms with van der Waals surface area (Å²) in [6, 6.07) is 29.6. The third-order valence-electron chi connectivity index (χ3n) is 13.8. The number of urea groups is 1. The van der Waals surface area contributed by atoms with E-state index in [1.54, 1.807) is 60.8 Å². The highest BCUT2D eigenvalue weighted by molar-refractivity contribution is 7.13. The molecule has 66 heavy (non-hydrogen) atoms. The Kier molecular flexibility index (Phi) is 16.8. The molecule has 2 N–H and O–H groups in total. The number of ketones is 1. The molecule has 1 aromatic heterocycles. The van der Waals surface area contributed by atoms with Gasteiger partial charge in [-0.15, -0.1) is 22.9 Å². The number of thiazole rings is 1. The highest BCUT2D eigenvalue weighted by atomic mass is 35.5. The lowest BCUT2D eigenvalue weighted by Crippen LogP contribution is -2.50. The van der Waals surface area contributed by atoms with E-state index in [4.69, 9.17) is 31.8 Å². The van der Waals surface area contributed by atoms with Crippen LogP contribution in [0, 0.1) is 11.6 Å². The fraction of sp³-hybridized carbons (Fsp3) is 0.442. The number of Topliss-reactive ketones (excluding diaryl/α,β-unsaturated/α-hetero) is 1. The number of aromatic nitrogens is 1. The minimum absolute atomic E-state index is 0.0334. The number of alkyl halides is 1. The normalized spacial score (nSPS) is 18.0. The van der Waals surface area contributed by atoms with Crippen molar-refractivity contribution in [2.75, 3.05) is 87.2 Å². The molecule has 10 nitrogen and oxygen atoms in total. The van der Waals surface area contributed by atoms with E-state index in [2.05, 4.69) is 32.2 Å². The van der Waals surface area contributed by atoms with Gasteiger partial charge in [-0.05, 0) is 67.6 Å². The summed E-state index contributed by atoms with van der Waals surface area (Å²) in [6.07, 6.45) is 9.91. The first-order valence-corrected chi connectivity index (χ1v) is 24.7. The average Bonchev–Trinajstić information content (AvgIpc) is 3.89. The van der Waals surface area contributed by atoms with Gasteiger partial charge in [-0.25, -0.2) is 18.6 Å². The zero-order chi connectivity index (χ0) is 46.5. The Bertz CT molecular complexity index is 2360. The van der Waals surface area contributed by atoms with Gasteiger partial charge in [0.15, 0.2) is 10.9 Å². The standard InChI is InChI=1S/C26H30FN3OS.C14H16ClFO.C12H17N3O2/c1-31-23-12-6-5-11-22(23)29-15-17-30(18-16-29)25-28-24(19-32-25)26(13-7-2-8-14-26)20-9-3-4-10-21(20)27;15-10-13(17)14(8-4-1-5-9-14)11-6-2-3-7-12(11)16;1-17-11-5-3-2-4-10(11)14-6-8-15(9-7-14)12(13)16/h3-6,9-12,19H,2,7-8,13-18H2,1H3;2-3,6-7H,1,4-5,8-10H2;2-5H,6-9H2,1H3,(H2,13,16). The van der Waals surface area contributed by atoms with Crippen LogP contribution in [-0.2, 0) is 15.6 Å². The van der Waals surface area contributed by atoms with E-state index in [1.807, 2.05) is 48.5 Å². The Morgan fingerprint density at radius 2 is 1.09 bits per heavy atom. The zero-order valence-corrected chi connectivity index (χ0v) is 39.8. The molecule has 0 radical (unpaired) electrons. The number of para-hydroxylation sites is 4. The minimum atomic E-state index is -0.675. The molecule has 2 amide bonds. The maximum Gasteiger partial charge on any atom is 0.314 e. The molecular formula is C52H63ClF2N6O4S. The van der Waals surface area contributed by atoms with Crippen molar-refractivity contribution >= 4 is 51.3 Å². The topological polar surface area (TPSA) is 104 Å². The first kappa shape index (κ1) is 48.5. The number of amides is 2. The van der Waals surface area contributed by atoms with Crippen LogP contribution in [0.25, 0.3) is 0 Å². The monoisotopic (exact) mass is 940 g/mol. The van der Waals surface area contributed by atoms with Crippen LogP contribution in [-0.4, -0.2) is 94.2 Å². The number of ether oxygens (including phenoxy) is 2. The molecule has 14 heteroatoms. The number of piperazine rings is 2. The number of nitrogens with two attached hydrogens (primary N) is 1. The lowest BCUT2D eigenvalue weighted by atomic mass is 9.67. The number of primary amides is 1. The van der Waals surface area contributed by atoms with Crippen LogP contribution in [0.2, 0.25) is 0 Å². The summed E-state index contributed by atoms with van der Waals surface area (Å²) in [5.41, 5.74) is 8.90. The van der Waals surface area contributed by atoms with E-state index in [-0.39, 0.29) is 34.7 Å². The number of benzene rings is 4. The molecular weight excluding hydrogens is 878 g/mol. The molecule has 5 aromatic rings. The summed E-state index contributed by atoms with van der Waals surface area (Å²) >= 11 is 7.41. The quantitative estimate of drug-likeness (QED) is 0.138. The maximum absolute atomic E-state index is 14.9. The highest BCUT2D eigenvalue weighted by Crippen LogP contribution is 2.47. The SMILES string of the molecule is COc1ccccc1N1CCN(C(N)=O)CC1.COc1ccccc1N1CCN(c2nc(C3(c4ccccc4F)CCCCC3)cs2)CC1.O=C(CCl)C1(c2ccccc2F)CCCCC1. The molecule has 3 heterocycles. The number of hydrogen-bond acceptors (Lipinski definition) is 9. The van der Waals surface area contributed by atoms with Crippen LogP contribution in [0.4, 0.5) is 30.1 Å². The summed E-state index contributed by atoms with van der Waals surface area (Å²) in [6.45, 7) is 6.56. The van der Waals surface area contributed by atoms with Gasteiger partial charge in [0.1, 0.15) is 23.1 Å². The van der Waals surface area contributed by atoms with Gasteiger partial charge in [-0.1, -0.05) is 99.2 Å². The van der Waals surface area contributed by atoms with Crippen molar-refractivity contribution in [3.05, 3.63) is 131 Å². The summed E-state index contributed by atoms with van der Waals surface area (Å²) < 4.78 is 39.7. The van der Waals surface area contributed by atoms with Crippen molar-refractivity contribution < 1.29 is 27.8 Å². The van der Waals surface area contributed by atoms with Gasteiger partial charge < -0.3 is 34.8 Å². The van der Waals surface area contributed by atoms with Gasteiger partial charge in [0.25, 0.3) is 0 Å². The predicted molar refractivity (Wildman–Crippen MR) is 263 cm³/mol. The largest absolute Gasteiger partial charge is 0.495 e. The van der Waals surface area contributed by atoms with Crippen LogP contribution < -0.4 is 29.9 Å². The third-order valence-corrected chi connectivity index (χ3v) is 15.0. The van der Waals surface area contributed by atoms with Gasteiger partial charge in [0.05, 0.1) is 42.6 Å². The molecule has 2 aliphatic carbocycles. The van der Waals surface area contributed by atoms with Crippen LogP contribution >= 0.6 is 22.9 Å². The summed E-state index contributed by atoms with van der Waals surface area (Å²) in [4.78, 5) is 36.9. The van der Waals surface area contributed by atoms with Gasteiger partial charge in [-0.3, -0.25) is 4.79 Å². The number of carbonyl (C=O) groups excluding carboxylic acids is 2. The van der Waals surface area contributed by atoms with Crippen molar-refractivity contribution in [3.8, 4) is 11.5 Å². The van der Waals surface area contributed by atoms with E-state index in [9.17, 15) is 18.4 Å². The van der Waals surface area contributed by atoms with Crippen molar-refractivity contribution in [2.24, 2.45) is 5.73 Å². The molecule has 2 saturated heterocycles.